The number of rotatable bonds is 4. The lowest BCUT2D eigenvalue weighted by molar-refractivity contribution is -0.117. The number of carbonyl (C=O) groups is 2. The van der Waals surface area contributed by atoms with Crippen molar-refractivity contribution in [3.8, 4) is 0 Å². The number of nitrogens with one attached hydrogen (secondary N) is 3. The Balaban J connectivity index is 1.60. The number of pyridine rings is 1. The van der Waals surface area contributed by atoms with Crippen LogP contribution in [-0.4, -0.2) is 22.7 Å². The van der Waals surface area contributed by atoms with Crippen LogP contribution in [0.3, 0.4) is 0 Å². The summed E-state index contributed by atoms with van der Waals surface area (Å²) in [5.41, 5.74) is 8.29. The van der Waals surface area contributed by atoms with Gasteiger partial charge in [0.1, 0.15) is 6.04 Å². The average Bonchev–Trinajstić information content (AvgIpc) is 3.06. The molecule has 6 heteroatoms. The van der Waals surface area contributed by atoms with Crippen LogP contribution in [0.15, 0.2) is 48.7 Å². The Kier molecular flexibility index (Phi) is 4.45. The Morgan fingerprint density at radius 1 is 1.13 bits per heavy atom. The van der Waals surface area contributed by atoms with E-state index < -0.39 is 0 Å². The van der Waals surface area contributed by atoms with Gasteiger partial charge in [0.15, 0.2) is 5.78 Å². The second-order valence-corrected chi connectivity index (χ2v) is 5.51. The first-order chi connectivity index (χ1) is 11.1. The minimum absolute atomic E-state index is 0.00254. The van der Waals surface area contributed by atoms with Crippen LogP contribution >= 0.6 is 0 Å². The number of anilines is 1. The fourth-order valence-corrected chi connectivity index (χ4v) is 2.52. The molecule has 1 aromatic heterocycles. The Hall–Kier alpha value is -2.57. The molecule has 1 fully saturated rings. The molecule has 0 spiro atoms. The number of nitrogens with zero attached hydrogens (tertiary/aromatic N) is 1. The minimum Gasteiger partial charge on any atom is -0.325 e. The minimum atomic E-state index is -0.338. The van der Waals surface area contributed by atoms with E-state index in [0.717, 1.165) is 5.69 Å². The Bertz CT molecular complexity index is 700. The van der Waals surface area contributed by atoms with Gasteiger partial charge in [0.05, 0.1) is 11.7 Å². The number of hydrogen-bond acceptors (Lipinski definition) is 5. The molecule has 6 nitrogen and oxygen atoms in total. The van der Waals surface area contributed by atoms with Crippen molar-refractivity contribution in [2.24, 2.45) is 0 Å². The molecule has 1 aromatic carbocycles. The highest BCUT2D eigenvalue weighted by atomic mass is 16.2. The molecule has 3 N–H and O–H groups in total. The van der Waals surface area contributed by atoms with E-state index in [2.05, 4.69) is 21.2 Å². The van der Waals surface area contributed by atoms with Crippen LogP contribution in [0.2, 0.25) is 0 Å². The van der Waals surface area contributed by atoms with Crippen molar-refractivity contribution in [3.63, 3.8) is 0 Å². The fourth-order valence-electron chi connectivity index (χ4n) is 2.52. The van der Waals surface area contributed by atoms with E-state index in [9.17, 15) is 9.59 Å². The molecule has 118 valence electrons. The second kappa shape index (κ2) is 6.68. The number of hydrogen-bond donors (Lipinski definition) is 3. The lowest BCUT2D eigenvalue weighted by Crippen LogP contribution is -2.39. The molecular formula is C17H18N4O2. The van der Waals surface area contributed by atoms with Gasteiger partial charge < -0.3 is 5.32 Å². The largest absolute Gasteiger partial charge is 0.325 e. The van der Waals surface area contributed by atoms with Gasteiger partial charge in [0.2, 0.25) is 5.91 Å². The van der Waals surface area contributed by atoms with Gasteiger partial charge >= 0.3 is 0 Å². The smallest absolute Gasteiger partial charge is 0.242 e. The molecule has 1 aliphatic rings. The van der Waals surface area contributed by atoms with E-state index >= 15 is 0 Å². The van der Waals surface area contributed by atoms with Gasteiger partial charge in [-0.15, -0.1) is 0 Å². The molecule has 0 radical (unpaired) electrons. The second-order valence-electron chi connectivity index (χ2n) is 5.51. The van der Waals surface area contributed by atoms with Crippen molar-refractivity contribution in [1.29, 1.82) is 0 Å². The molecule has 0 aliphatic carbocycles. The summed E-state index contributed by atoms with van der Waals surface area (Å²) < 4.78 is 0. The predicted molar refractivity (Wildman–Crippen MR) is 86.7 cm³/mol. The lowest BCUT2D eigenvalue weighted by Gasteiger charge is -2.11. The maximum atomic E-state index is 12.3. The molecular weight excluding hydrogens is 292 g/mol. The first kappa shape index (κ1) is 15.3. The summed E-state index contributed by atoms with van der Waals surface area (Å²) in [4.78, 5) is 27.9. The zero-order chi connectivity index (χ0) is 16.2. The van der Waals surface area contributed by atoms with Gasteiger partial charge in [0, 0.05) is 17.4 Å². The maximum Gasteiger partial charge on any atom is 0.242 e. The number of amides is 1. The van der Waals surface area contributed by atoms with Gasteiger partial charge in [-0.2, -0.15) is 0 Å². The SMILES string of the molecule is CC(=O)c1ccc(NC(=O)C2CC(c3ccccn3)NN2)cc1. The zero-order valence-electron chi connectivity index (χ0n) is 12.7. The van der Waals surface area contributed by atoms with E-state index in [0.29, 0.717) is 17.7 Å². The first-order valence-corrected chi connectivity index (χ1v) is 7.47. The molecule has 0 saturated carbocycles. The van der Waals surface area contributed by atoms with E-state index in [1.54, 1.807) is 30.5 Å². The van der Waals surface area contributed by atoms with Gasteiger partial charge in [0.25, 0.3) is 0 Å². The first-order valence-electron chi connectivity index (χ1n) is 7.47. The highest BCUT2D eigenvalue weighted by Gasteiger charge is 2.30. The summed E-state index contributed by atoms with van der Waals surface area (Å²) in [6.45, 7) is 1.51. The molecule has 1 aliphatic heterocycles. The van der Waals surface area contributed by atoms with Gasteiger partial charge in [-0.25, -0.2) is 10.9 Å². The molecule has 3 rings (SSSR count). The van der Waals surface area contributed by atoms with Gasteiger partial charge in [-0.05, 0) is 49.7 Å². The number of Topliss-reactive ketones (excluding diaryl/α,β-unsaturated/α-hetero) is 1. The molecule has 1 amide bonds. The Labute approximate surface area is 134 Å². The van der Waals surface area contributed by atoms with E-state index in [1.165, 1.54) is 6.92 Å². The quantitative estimate of drug-likeness (QED) is 0.751. The van der Waals surface area contributed by atoms with Gasteiger partial charge in [-0.3, -0.25) is 14.6 Å². The number of ketones is 1. The highest BCUT2D eigenvalue weighted by Crippen LogP contribution is 2.21. The van der Waals surface area contributed by atoms with Crippen molar-refractivity contribution in [3.05, 3.63) is 59.9 Å². The molecule has 2 heterocycles. The van der Waals surface area contributed by atoms with Crippen molar-refractivity contribution in [2.75, 3.05) is 5.32 Å². The van der Waals surface area contributed by atoms with Crippen LogP contribution in [0.25, 0.3) is 0 Å². The third kappa shape index (κ3) is 3.61. The van der Waals surface area contributed by atoms with E-state index in [-0.39, 0.29) is 23.8 Å². The maximum absolute atomic E-state index is 12.3. The number of carbonyl (C=O) groups excluding carboxylic acids is 2. The number of hydrazine groups is 1. The molecule has 2 unspecified atom stereocenters. The van der Waals surface area contributed by atoms with Crippen LogP contribution in [0.4, 0.5) is 5.69 Å². The van der Waals surface area contributed by atoms with Crippen LogP contribution in [0, 0.1) is 0 Å². The summed E-state index contributed by atoms with van der Waals surface area (Å²) in [5, 5.41) is 2.85. The normalized spacial score (nSPS) is 20.2. The summed E-state index contributed by atoms with van der Waals surface area (Å²) in [6, 6.07) is 12.3. The van der Waals surface area contributed by atoms with Crippen molar-refractivity contribution in [1.82, 2.24) is 15.8 Å². The molecule has 2 aromatic rings. The zero-order valence-corrected chi connectivity index (χ0v) is 12.7. The third-order valence-corrected chi connectivity index (χ3v) is 3.82. The van der Waals surface area contributed by atoms with Crippen molar-refractivity contribution in [2.45, 2.75) is 25.4 Å². The molecule has 23 heavy (non-hydrogen) atoms. The van der Waals surface area contributed by atoms with E-state index in [4.69, 9.17) is 0 Å². The lowest BCUT2D eigenvalue weighted by atomic mass is 10.1. The Morgan fingerprint density at radius 3 is 2.57 bits per heavy atom. The van der Waals surface area contributed by atoms with Crippen LogP contribution in [0.1, 0.15) is 35.4 Å². The average molecular weight is 310 g/mol. The predicted octanol–water partition coefficient (Wildman–Crippen LogP) is 1.83. The summed E-state index contributed by atoms with van der Waals surface area (Å²) in [6.07, 6.45) is 2.36. The van der Waals surface area contributed by atoms with Crippen molar-refractivity contribution >= 4 is 17.4 Å². The van der Waals surface area contributed by atoms with Crippen molar-refractivity contribution < 1.29 is 9.59 Å². The monoisotopic (exact) mass is 310 g/mol. The Morgan fingerprint density at radius 2 is 1.91 bits per heavy atom. The number of benzene rings is 1. The topological polar surface area (TPSA) is 83.1 Å². The molecule has 2 atom stereocenters. The fraction of sp³-hybridized carbons (Fsp3) is 0.235. The summed E-state index contributed by atoms with van der Waals surface area (Å²) in [7, 11) is 0. The van der Waals surface area contributed by atoms with Crippen LogP contribution in [0.5, 0.6) is 0 Å². The van der Waals surface area contributed by atoms with Gasteiger partial charge in [-0.1, -0.05) is 6.07 Å². The van der Waals surface area contributed by atoms with E-state index in [1.807, 2.05) is 18.2 Å². The van der Waals surface area contributed by atoms with Crippen LogP contribution < -0.4 is 16.2 Å². The third-order valence-electron chi connectivity index (χ3n) is 3.82. The standard InChI is InChI=1S/C17H18N4O2/c1-11(22)12-5-7-13(8-6-12)19-17(23)16-10-15(20-21-16)14-4-2-3-9-18-14/h2-9,15-16,20-21H,10H2,1H3,(H,19,23). The highest BCUT2D eigenvalue weighted by molar-refractivity contribution is 5.97. The molecule has 0 bridgehead atoms. The van der Waals surface area contributed by atoms with Crippen LogP contribution in [-0.2, 0) is 4.79 Å². The summed E-state index contributed by atoms with van der Waals surface area (Å²) >= 11 is 0. The number of aromatic nitrogens is 1. The molecule has 1 saturated heterocycles. The summed E-state index contributed by atoms with van der Waals surface area (Å²) in [5.74, 6) is -0.116.